The van der Waals surface area contributed by atoms with Crippen molar-refractivity contribution in [2.24, 2.45) is 5.92 Å². The van der Waals surface area contributed by atoms with Crippen molar-refractivity contribution in [3.05, 3.63) is 65.3 Å². The normalized spacial score (nSPS) is 14.1. The van der Waals surface area contributed by atoms with E-state index >= 15 is 0 Å². The van der Waals surface area contributed by atoms with Gasteiger partial charge in [-0.1, -0.05) is 37.8 Å². The van der Waals surface area contributed by atoms with Crippen LogP contribution in [0, 0.1) is 5.92 Å². The van der Waals surface area contributed by atoms with E-state index < -0.39 is 6.16 Å². The van der Waals surface area contributed by atoms with Crippen LogP contribution in [0.2, 0.25) is 0 Å². The number of benzene rings is 1. The summed E-state index contributed by atoms with van der Waals surface area (Å²) in [5.41, 5.74) is 1.96. The average Bonchev–Trinajstić information content (AvgIpc) is 3.56. The first kappa shape index (κ1) is 25.3. The van der Waals surface area contributed by atoms with Crippen LogP contribution in [0.5, 0.6) is 5.88 Å². The van der Waals surface area contributed by atoms with Gasteiger partial charge in [0.1, 0.15) is 0 Å². The monoisotopic (exact) mass is 508 g/mol. The highest BCUT2D eigenvalue weighted by atomic mass is 32.1. The van der Waals surface area contributed by atoms with Crippen molar-refractivity contribution in [3.8, 4) is 5.88 Å². The number of nitrogens with zero attached hydrogens (tertiary/aromatic N) is 2. The molecule has 2 N–H and O–H groups in total. The van der Waals surface area contributed by atoms with Gasteiger partial charge in [-0.15, -0.1) is 11.3 Å². The third-order valence-electron chi connectivity index (χ3n) is 6.02. The molecule has 1 aliphatic carbocycles. The summed E-state index contributed by atoms with van der Waals surface area (Å²) in [5, 5.41) is 7.61. The molecule has 1 aromatic carbocycles. The Kier molecular flexibility index (Phi) is 8.62. The second-order valence-electron chi connectivity index (χ2n) is 8.52. The van der Waals surface area contributed by atoms with Crippen LogP contribution in [0.15, 0.2) is 54.2 Å². The van der Waals surface area contributed by atoms with E-state index in [1.807, 2.05) is 12.1 Å². The van der Waals surface area contributed by atoms with Crippen molar-refractivity contribution in [2.45, 2.75) is 44.9 Å². The van der Waals surface area contributed by atoms with Gasteiger partial charge in [0.15, 0.2) is 5.13 Å². The summed E-state index contributed by atoms with van der Waals surface area (Å²) in [6.45, 7) is 1.88. The fourth-order valence-electron chi connectivity index (χ4n) is 4.26. The summed E-state index contributed by atoms with van der Waals surface area (Å²) >= 11 is 1.17. The third-order valence-corrected chi connectivity index (χ3v) is 6.75. The Morgan fingerprint density at radius 1 is 1.11 bits per heavy atom. The summed E-state index contributed by atoms with van der Waals surface area (Å²) < 4.78 is 9.75. The molecule has 4 rings (SSSR count). The highest BCUT2D eigenvalue weighted by Crippen LogP contribution is 2.35. The van der Waals surface area contributed by atoms with Crippen molar-refractivity contribution < 1.29 is 23.9 Å². The fraction of sp³-hybridized carbons (Fsp3) is 0.346. The number of aromatic nitrogens is 2. The fourth-order valence-corrected chi connectivity index (χ4v) is 4.88. The molecule has 1 fully saturated rings. The van der Waals surface area contributed by atoms with E-state index in [1.165, 1.54) is 35.8 Å². The Morgan fingerprint density at radius 2 is 1.89 bits per heavy atom. The molecular formula is C26H28N4O5S. The SMILES string of the molecule is CCOC(=O)Oc1csc(NC(=O)C(CC2CCCC2)c2ccc(NC(=O)c3cccnc3)cc2)n1. The zero-order valence-corrected chi connectivity index (χ0v) is 20.8. The minimum atomic E-state index is -0.838. The topological polar surface area (TPSA) is 120 Å². The van der Waals surface area contributed by atoms with Crippen molar-refractivity contribution >= 4 is 40.1 Å². The lowest BCUT2D eigenvalue weighted by Gasteiger charge is -2.20. The van der Waals surface area contributed by atoms with Gasteiger partial charge in [-0.05, 0) is 49.1 Å². The maximum Gasteiger partial charge on any atom is 0.515 e. The lowest BCUT2D eigenvalue weighted by Crippen LogP contribution is -2.23. The van der Waals surface area contributed by atoms with Crippen LogP contribution >= 0.6 is 11.3 Å². The Labute approximate surface area is 213 Å². The molecule has 0 bridgehead atoms. The summed E-state index contributed by atoms with van der Waals surface area (Å²) in [5.74, 6) is -0.249. The molecule has 0 spiro atoms. The number of ether oxygens (including phenoxy) is 2. The number of anilines is 2. The number of carbonyl (C=O) groups excluding carboxylic acids is 3. The first-order chi connectivity index (χ1) is 17.5. The lowest BCUT2D eigenvalue weighted by molar-refractivity contribution is -0.118. The standard InChI is InChI=1S/C26H28N4O5S/c1-2-34-26(33)35-22-16-36-25(29-22)30-24(32)21(14-17-6-3-4-7-17)18-9-11-20(12-10-18)28-23(31)19-8-5-13-27-15-19/h5,8-13,15-17,21H,2-4,6-7,14H2,1H3,(H,28,31)(H,29,30,32). The summed E-state index contributed by atoms with van der Waals surface area (Å²) in [6.07, 6.45) is 7.59. The predicted octanol–water partition coefficient (Wildman–Crippen LogP) is 5.63. The largest absolute Gasteiger partial charge is 0.515 e. The molecule has 2 amide bonds. The number of hydrogen-bond donors (Lipinski definition) is 2. The highest BCUT2D eigenvalue weighted by Gasteiger charge is 2.27. The quantitative estimate of drug-likeness (QED) is 0.360. The first-order valence-electron chi connectivity index (χ1n) is 11.9. The summed E-state index contributed by atoms with van der Waals surface area (Å²) in [7, 11) is 0. The van der Waals surface area contributed by atoms with E-state index in [0.717, 1.165) is 24.8 Å². The number of rotatable bonds is 9. The molecule has 2 aromatic heterocycles. The van der Waals surface area contributed by atoms with Gasteiger partial charge in [-0.25, -0.2) is 4.79 Å². The molecule has 9 nitrogen and oxygen atoms in total. The van der Waals surface area contributed by atoms with Crippen LogP contribution in [0.25, 0.3) is 0 Å². The van der Waals surface area contributed by atoms with Crippen molar-refractivity contribution in [3.63, 3.8) is 0 Å². The van der Waals surface area contributed by atoms with E-state index in [2.05, 4.69) is 20.6 Å². The molecule has 1 aliphatic rings. The third kappa shape index (κ3) is 6.88. The predicted molar refractivity (Wildman–Crippen MR) is 136 cm³/mol. The molecule has 0 saturated heterocycles. The minimum absolute atomic E-state index is 0.0785. The molecule has 10 heteroatoms. The average molecular weight is 509 g/mol. The van der Waals surface area contributed by atoms with E-state index in [9.17, 15) is 14.4 Å². The number of nitrogens with one attached hydrogen (secondary N) is 2. The van der Waals surface area contributed by atoms with Gasteiger partial charge in [0, 0.05) is 18.1 Å². The van der Waals surface area contributed by atoms with Crippen molar-refractivity contribution in [2.75, 3.05) is 17.2 Å². The van der Waals surface area contributed by atoms with Crippen LogP contribution in [-0.4, -0.2) is 34.5 Å². The molecule has 1 saturated carbocycles. The molecule has 0 radical (unpaired) electrons. The molecule has 36 heavy (non-hydrogen) atoms. The molecule has 1 atom stereocenters. The van der Waals surface area contributed by atoms with Crippen molar-refractivity contribution in [1.29, 1.82) is 0 Å². The molecule has 2 heterocycles. The van der Waals surface area contributed by atoms with Crippen molar-refractivity contribution in [1.82, 2.24) is 9.97 Å². The van der Waals surface area contributed by atoms with Crippen LogP contribution in [0.1, 0.15) is 60.9 Å². The van der Waals surface area contributed by atoms with Gasteiger partial charge in [0.25, 0.3) is 5.91 Å². The lowest BCUT2D eigenvalue weighted by atomic mass is 9.87. The van der Waals surface area contributed by atoms with Gasteiger partial charge >= 0.3 is 6.16 Å². The number of thiazole rings is 1. The van der Waals surface area contributed by atoms with Crippen LogP contribution in [0.4, 0.5) is 15.6 Å². The molecule has 0 aliphatic heterocycles. The Balaban J connectivity index is 1.45. The second-order valence-corrected chi connectivity index (χ2v) is 9.38. The van der Waals surface area contributed by atoms with Gasteiger partial charge in [0.05, 0.1) is 23.5 Å². The zero-order chi connectivity index (χ0) is 25.3. The van der Waals surface area contributed by atoms with E-state index in [-0.39, 0.29) is 30.2 Å². The van der Waals surface area contributed by atoms with Gasteiger partial charge in [-0.3, -0.25) is 14.6 Å². The van der Waals surface area contributed by atoms with E-state index in [4.69, 9.17) is 9.47 Å². The van der Waals surface area contributed by atoms with Crippen LogP contribution in [-0.2, 0) is 9.53 Å². The second kappa shape index (κ2) is 12.3. The molecular weight excluding hydrogens is 480 g/mol. The molecule has 1 unspecified atom stereocenters. The van der Waals surface area contributed by atoms with Crippen LogP contribution in [0.3, 0.4) is 0 Å². The van der Waals surface area contributed by atoms with E-state index in [1.54, 1.807) is 37.4 Å². The maximum absolute atomic E-state index is 13.3. The Hall–Kier alpha value is -3.79. The van der Waals surface area contributed by atoms with Gasteiger partial charge < -0.3 is 20.1 Å². The highest BCUT2D eigenvalue weighted by molar-refractivity contribution is 7.14. The Bertz CT molecular complexity index is 1180. The minimum Gasteiger partial charge on any atom is -0.434 e. The Morgan fingerprint density at radius 3 is 2.58 bits per heavy atom. The van der Waals surface area contributed by atoms with E-state index in [0.29, 0.717) is 22.3 Å². The van der Waals surface area contributed by atoms with Crippen LogP contribution < -0.4 is 15.4 Å². The van der Waals surface area contributed by atoms with Gasteiger partial charge in [-0.2, -0.15) is 4.98 Å². The molecule has 188 valence electrons. The summed E-state index contributed by atoms with van der Waals surface area (Å²) in [4.78, 5) is 45.4. The first-order valence-corrected chi connectivity index (χ1v) is 12.8. The smallest absolute Gasteiger partial charge is 0.434 e. The summed E-state index contributed by atoms with van der Waals surface area (Å²) in [6, 6.07) is 10.7. The number of hydrogen-bond acceptors (Lipinski definition) is 8. The zero-order valence-electron chi connectivity index (χ0n) is 19.9. The maximum atomic E-state index is 13.3. The number of pyridine rings is 1. The number of carbonyl (C=O) groups is 3. The molecule has 3 aromatic rings. The number of amides is 2. The van der Waals surface area contributed by atoms with Gasteiger partial charge in [0.2, 0.25) is 11.8 Å².